The molecule has 4 aromatic rings. The number of hydrogen-bond acceptors (Lipinski definition) is 5. The number of benzene rings is 3. The van der Waals surface area contributed by atoms with E-state index in [0.717, 1.165) is 58.4 Å². The first-order valence-corrected chi connectivity index (χ1v) is 10.7. The van der Waals surface area contributed by atoms with Crippen LogP contribution in [-0.2, 0) is 0 Å². The van der Waals surface area contributed by atoms with Crippen molar-refractivity contribution in [2.45, 2.75) is 6.42 Å². The zero-order chi connectivity index (χ0) is 21.8. The van der Waals surface area contributed by atoms with Gasteiger partial charge >= 0.3 is 0 Å². The van der Waals surface area contributed by atoms with Crippen LogP contribution in [0.15, 0.2) is 60.7 Å². The molecule has 4 rings (SSSR count). The number of ether oxygens (including phenoxy) is 1. The smallest absolute Gasteiger partial charge is 0.119 e. The van der Waals surface area contributed by atoms with E-state index in [4.69, 9.17) is 21.3 Å². The molecule has 1 heterocycles. The second-order valence-electron chi connectivity index (χ2n) is 7.68. The summed E-state index contributed by atoms with van der Waals surface area (Å²) in [6.07, 6.45) is 0.971. The van der Waals surface area contributed by atoms with Gasteiger partial charge in [-0.25, -0.2) is 4.98 Å². The van der Waals surface area contributed by atoms with E-state index < -0.39 is 0 Å². The summed E-state index contributed by atoms with van der Waals surface area (Å²) in [5.41, 5.74) is 5.18. The van der Waals surface area contributed by atoms with Crippen molar-refractivity contribution in [2.24, 2.45) is 0 Å². The third-order valence-corrected chi connectivity index (χ3v) is 5.55. The second kappa shape index (κ2) is 9.31. The highest BCUT2D eigenvalue weighted by atomic mass is 35.5. The van der Waals surface area contributed by atoms with E-state index in [1.54, 1.807) is 7.11 Å². The number of hydrogen-bond donors (Lipinski definition) is 2. The predicted molar refractivity (Wildman–Crippen MR) is 133 cm³/mol. The van der Waals surface area contributed by atoms with Crippen LogP contribution in [0.2, 0.25) is 5.02 Å². The molecule has 0 atom stereocenters. The fraction of sp³-hybridized carbons (Fsp3) is 0.240. The zero-order valence-electron chi connectivity index (χ0n) is 18.1. The topological polar surface area (TPSA) is 49.4 Å². The Morgan fingerprint density at radius 3 is 2.39 bits per heavy atom. The van der Waals surface area contributed by atoms with E-state index in [1.165, 1.54) is 5.69 Å². The second-order valence-corrected chi connectivity index (χ2v) is 8.12. The molecule has 0 saturated heterocycles. The van der Waals surface area contributed by atoms with Gasteiger partial charge in [0.2, 0.25) is 0 Å². The molecule has 0 aliphatic heterocycles. The Hall–Kier alpha value is -3.18. The van der Waals surface area contributed by atoms with Crippen LogP contribution in [0.5, 0.6) is 5.75 Å². The number of methoxy groups -OCH3 is 1. The van der Waals surface area contributed by atoms with Gasteiger partial charge in [-0.3, -0.25) is 0 Å². The summed E-state index contributed by atoms with van der Waals surface area (Å²) in [4.78, 5) is 6.88. The number of rotatable bonds is 8. The molecule has 0 bridgehead atoms. The van der Waals surface area contributed by atoms with E-state index in [-0.39, 0.29) is 0 Å². The van der Waals surface area contributed by atoms with Crippen LogP contribution in [0, 0.1) is 0 Å². The third-order valence-electron chi connectivity index (χ3n) is 5.31. The number of nitrogens with one attached hydrogen (secondary N) is 2. The molecule has 5 nitrogen and oxygen atoms in total. The first-order valence-electron chi connectivity index (χ1n) is 10.4. The molecule has 6 heteroatoms. The summed E-state index contributed by atoms with van der Waals surface area (Å²) in [6, 6.07) is 20.2. The molecule has 3 aromatic carbocycles. The molecule has 0 amide bonds. The molecule has 0 aliphatic rings. The average Bonchev–Trinajstić information content (AvgIpc) is 2.78. The largest absolute Gasteiger partial charge is 0.497 e. The van der Waals surface area contributed by atoms with Gasteiger partial charge in [0.1, 0.15) is 5.75 Å². The molecule has 0 unspecified atom stereocenters. The molecular weight excluding hydrogens is 408 g/mol. The summed E-state index contributed by atoms with van der Waals surface area (Å²) in [5.74, 6) is 0.813. The molecule has 160 valence electrons. The minimum Gasteiger partial charge on any atom is -0.497 e. The number of nitrogens with zero attached hydrogens (tertiary/aromatic N) is 2. The highest BCUT2D eigenvalue weighted by Crippen LogP contribution is 2.34. The molecule has 0 saturated carbocycles. The van der Waals surface area contributed by atoms with Gasteiger partial charge in [-0.05, 0) is 67.1 Å². The first-order chi connectivity index (χ1) is 15.0. The van der Waals surface area contributed by atoms with Crippen LogP contribution >= 0.6 is 11.6 Å². The Labute approximate surface area is 188 Å². The standard InChI is InChI=1S/C25H27ClN4O/c1-30(2)19-8-6-18(7-9-19)27-13-4-14-28-25-21-11-5-17(26)15-24(21)29-23-12-10-20(31-3)16-22(23)25/h5-12,15-16,27H,4,13-14H2,1-3H3,(H,28,29). The van der Waals surface area contributed by atoms with Gasteiger partial charge in [-0.15, -0.1) is 0 Å². The first kappa shape index (κ1) is 21.1. The maximum absolute atomic E-state index is 6.21. The fourth-order valence-corrected chi connectivity index (χ4v) is 3.79. The van der Waals surface area contributed by atoms with Crippen LogP contribution < -0.4 is 20.3 Å². The summed E-state index contributed by atoms with van der Waals surface area (Å²) in [7, 11) is 5.77. The lowest BCUT2D eigenvalue weighted by molar-refractivity contribution is 0.415. The Balaban J connectivity index is 1.48. The molecule has 0 spiro atoms. The lowest BCUT2D eigenvalue weighted by atomic mass is 10.1. The van der Waals surface area contributed by atoms with Crippen LogP contribution in [0.25, 0.3) is 21.8 Å². The van der Waals surface area contributed by atoms with Gasteiger partial charge in [-0.1, -0.05) is 11.6 Å². The Bertz CT molecular complexity index is 1190. The fourth-order valence-electron chi connectivity index (χ4n) is 3.63. The van der Waals surface area contributed by atoms with E-state index >= 15 is 0 Å². The lowest BCUT2D eigenvalue weighted by Crippen LogP contribution is -2.11. The van der Waals surface area contributed by atoms with Crippen molar-refractivity contribution in [3.8, 4) is 5.75 Å². The maximum Gasteiger partial charge on any atom is 0.119 e. The van der Waals surface area contributed by atoms with E-state index in [2.05, 4.69) is 39.8 Å². The Kier molecular flexibility index (Phi) is 6.33. The Morgan fingerprint density at radius 1 is 0.871 bits per heavy atom. The van der Waals surface area contributed by atoms with Crippen LogP contribution in [-0.4, -0.2) is 39.3 Å². The lowest BCUT2D eigenvalue weighted by Gasteiger charge is -2.15. The monoisotopic (exact) mass is 434 g/mol. The molecular formula is C25H27ClN4O. The van der Waals surface area contributed by atoms with Gasteiger partial charge in [0.25, 0.3) is 0 Å². The summed E-state index contributed by atoms with van der Waals surface area (Å²) >= 11 is 6.21. The zero-order valence-corrected chi connectivity index (χ0v) is 18.8. The average molecular weight is 435 g/mol. The molecule has 0 aliphatic carbocycles. The van der Waals surface area contributed by atoms with Crippen molar-refractivity contribution in [3.63, 3.8) is 0 Å². The van der Waals surface area contributed by atoms with Gasteiger partial charge in [0.05, 0.1) is 23.8 Å². The van der Waals surface area contributed by atoms with E-state index in [9.17, 15) is 0 Å². The number of pyridine rings is 1. The van der Waals surface area contributed by atoms with Crippen LogP contribution in [0.4, 0.5) is 17.1 Å². The molecule has 2 N–H and O–H groups in total. The van der Waals surface area contributed by atoms with Gasteiger partial charge in [0.15, 0.2) is 0 Å². The SMILES string of the molecule is COc1ccc2nc3cc(Cl)ccc3c(NCCCNc3ccc(N(C)C)cc3)c2c1. The van der Waals surface area contributed by atoms with Gasteiger partial charge < -0.3 is 20.3 Å². The van der Waals surface area contributed by atoms with Gasteiger partial charge in [-0.2, -0.15) is 0 Å². The number of anilines is 3. The predicted octanol–water partition coefficient (Wildman–Crippen LogP) is 6.03. The third kappa shape index (κ3) is 4.78. The van der Waals surface area contributed by atoms with Crippen molar-refractivity contribution >= 4 is 50.5 Å². The number of fused-ring (bicyclic) bond motifs is 2. The van der Waals surface area contributed by atoms with Crippen molar-refractivity contribution in [2.75, 3.05) is 49.8 Å². The maximum atomic E-state index is 6.21. The van der Waals surface area contributed by atoms with Crippen molar-refractivity contribution in [1.29, 1.82) is 0 Å². The normalized spacial score (nSPS) is 11.0. The molecule has 1 aromatic heterocycles. The molecule has 0 radical (unpaired) electrons. The molecule has 31 heavy (non-hydrogen) atoms. The molecule has 0 fully saturated rings. The minimum atomic E-state index is 0.684. The van der Waals surface area contributed by atoms with Crippen molar-refractivity contribution < 1.29 is 4.74 Å². The van der Waals surface area contributed by atoms with E-state index in [0.29, 0.717) is 5.02 Å². The van der Waals surface area contributed by atoms with Crippen molar-refractivity contribution in [3.05, 3.63) is 65.7 Å². The van der Waals surface area contributed by atoms with Crippen LogP contribution in [0.3, 0.4) is 0 Å². The van der Waals surface area contributed by atoms with E-state index in [1.807, 2.05) is 50.5 Å². The highest BCUT2D eigenvalue weighted by Gasteiger charge is 2.10. The summed E-state index contributed by atoms with van der Waals surface area (Å²) < 4.78 is 5.43. The summed E-state index contributed by atoms with van der Waals surface area (Å²) in [6.45, 7) is 1.71. The quantitative estimate of drug-likeness (QED) is 0.262. The summed E-state index contributed by atoms with van der Waals surface area (Å²) in [5, 5.41) is 9.89. The highest BCUT2D eigenvalue weighted by molar-refractivity contribution is 6.31. The number of halogens is 1. The minimum absolute atomic E-state index is 0.684. The number of aromatic nitrogens is 1. The van der Waals surface area contributed by atoms with Crippen molar-refractivity contribution in [1.82, 2.24) is 4.98 Å². The van der Waals surface area contributed by atoms with Crippen LogP contribution in [0.1, 0.15) is 6.42 Å². The van der Waals surface area contributed by atoms with Gasteiger partial charge in [0, 0.05) is 54.4 Å². The Morgan fingerprint density at radius 2 is 1.65 bits per heavy atom.